The number of hydrogen-bond donors (Lipinski definition) is 2. The predicted octanol–water partition coefficient (Wildman–Crippen LogP) is 1.06. The standard InChI is InChI=1S/C13H22N4O2/c1-2-19-13(18)10-4-3-5-11(8-10)14-7-6-12-15-9-16-17-12/h9-11,14H,2-8H2,1H3,(H,15,16,17). The van der Waals surface area contributed by atoms with Gasteiger partial charge < -0.3 is 10.1 Å². The first-order chi connectivity index (χ1) is 9.29. The summed E-state index contributed by atoms with van der Waals surface area (Å²) in [7, 11) is 0. The van der Waals surface area contributed by atoms with Crippen molar-refractivity contribution in [2.45, 2.75) is 45.1 Å². The van der Waals surface area contributed by atoms with Crippen molar-refractivity contribution in [2.24, 2.45) is 5.92 Å². The van der Waals surface area contributed by atoms with Crippen LogP contribution in [-0.4, -0.2) is 40.3 Å². The zero-order valence-corrected chi connectivity index (χ0v) is 11.4. The van der Waals surface area contributed by atoms with Crippen LogP contribution < -0.4 is 5.32 Å². The first-order valence-electron chi connectivity index (χ1n) is 7.04. The van der Waals surface area contributed by atoms with Crippen LogP contribution in [0.25, 0.3) is 0 Å². The molecule has 1 heterocycles. The van der Waals surface area contributed by atoms with Crippen molar-refractivity contribution in [3.05, 3.63) is 12.2 Å². The number of aromatic amines is 1. The maximum absolute atomic E-state index is 11.7. The molecule has 106 valence electrons. The van der Waals surface area contributed by atoms with Crippen molar-refractivity contribution >= 4 is 5.97 Å². The molecule has 2 rings (SSSR count). The Morgan fingerprint density at radius 3 is 3.21 bits per heavy atom. The molecule has 0 amide bonds. The minimum atomic E-state index is -0.0377. The molecule has 0 aromatic carbocycles. The van der Waals surface area contributed by atoms with Crippen molar-refractivity contribution in [1.82, 2.24) is 20.5 Å². The Labute approximate surface area is 113 Å². The van der Waals surface area contributed by atoms with E-state index in [9.17, 15) is 4.79 Å². The van der Waals surface area contributed by atoms with Gasteiger partial charge in [0.2, 0.25) is 0 Å². The quantitative estimate of drug-likeness (QED) is 0.753. The third-order valence-corrected chi connectivity index (χ3v) is 3.55. The van der Waals surface area contributed by atoms with E-state index in [2.05, 4.69) is 20.5 Å². The van der Waals surface area contributed by atoms with Gasteiger partial charge in [0.15, 0.2) is 0 Å². The van der Waals surface area contributed by atoms with E-state index < -0.39 is 0 Å². The fourth-order valence-corrected chi connectivity index (χ4v) is 2.60. The summed E-state index contributed by atoms with van der Waals surface area (Å²) in [6.45, 7) is 3.18. The minimum absolute atomic E-state index is 0.0377. The SMILES string of the molecule is CCOC(=O)C1CCCC(NCCc2ncn[nH]2)C1. The molecule has 1 aromatic rings. The zero-order chi connectivity index (χ0) is 13.5. The highest BCUT2D eigenvalue weighted by atomic mass is 16.5. The summed E-state index contributed by atoms with van der Waals surface area (Å²) in [4.78, 5) is 15.8. The molecular formula is C13H22N4O2. The van der Waals surface area contributed by atoms with Crippen molar-refractivity contribution in [1.29, 1.82) is 0 Å². The average molecular weight is 266 g/mol. The molecule has 0 radical (unpaired) electrons. The van der Waals surface area contributed by atoms with Gasteiger partial charge in [0.25, 0.3) is 0 Å². The number of nitrogens with zero attached hydrogens (tertiary/aromatic N) is 2. The Balaban J connectivity index is 1.70. The lowest BCUT2D eigenvalue weighted by Crippen LogP contribution is -2.38. The maximum atomic E-state index is 11.7. The van der Waals surface area contributed by atoms with Gasteiger partial charge in [-0.15, -0.1) is 0 Å². The predicted molar refractivity (Wildman–Crippen MR) is 70.5 cm³/mol. The van der Waals surface area contributed by atoms with E-state index in [1.165, 1.54) is 6.33 Å². The van der Waals surface area contributed by atoms with Gasteiger partial charge in [-0.05, 0) is 26.2 Å². The van der Waals surface area contributed by atoms with Crippen molar-refractivity contribution in [3.8, 4) is 0 Å². The molecule has 0 aliphatic heterocycles. The molecule has 1 aliphatic rings. The van der Waals surface area contributed by atoms with Crippen LogP contribution in [0.1, 0.15) is 38.4 Å². The molecule has 1 fully saturated rings. The van der Waals surface area contributed by atoms with E-state index in [1.54, 1.807) is 0 Å². The summed E-state index contributed by atoms with van der Waals surface area (Å²) >= 11 is 0. The van der Waals surface area contributed by atoms with E-state index in [4.69, 9.17) is 4.74 Å². The highest BCUT2D eigenvalue weighted by Gasteiger charge is 2.27. The van der Waals surface area contributed by atoms with Crippen LogP contribution in [0, 0.1) is 5.92 Å². The third-order valence-electron chi connectivity index (χ3n) is 3.55. The Hall–Kier alpha value is -1.43. The van der Waals surface area contributed by atoms with E-state index in [1.807, 2.05) is 6.92 Å². The number of ether oxygens (including phenoxy) is 1. The van der Waals surface area contributed by atoms with Crippen LogP contribution in [0.4, 0.5) is 0 Å². The summed E-state index contributed by atoms with van der Waals surface area (Å²) in [6.07, 6.45) is 6.41. The van der Waals surface area contributed by atoms with Gasteiger partial charge >= 0.3 is 5.97 Å². The van der Waals surface area contributed by atoms with Gasteiger partial charge in [-0.2, -0.15) is 5.10 Å². The molecule has 19 heavy (non-hydrogen) atoms. The largest absolute Gasteiger partial charge is 0.466 e. The summed E-state index contributed by atoms with van der Waals surface area (Å²) < 4.78 is 5.10. The van der Waals surface area contributed by atoms with E-state index in [0.29, 0.717) is 12.6 Å². The Morgan fingerprint density at radius 1 is 1.58 bits per heavy atom. The topological polar surface area (TPSA) is 79.9 Å². The van der Waals surface area contributed by atoms with E-state index in [0.717, 1.165) is 44.5 Å². The smallest absolute Gasteiger partial charge is 0.308 e. The molecule has 1 saturated carbocycles. The van der Waals surface area contributed by atoms with Gasteiger partial charge in [0, 0.05) is 19.0 Å². The number of carbonyl (C=O) groups excluding carboxylic acids is 1. The molecule has 0 saturated heterocycles. The van der Waals surface area contributed by atoms with Crippen LogP contribution >= 0.6 is 0 Å². The minimum Gasteiger partial charge on any atom is -0.466 e. The summed E-state index contributed by atoms with van der Waals surface area (Å²) in [5.41, 5.74) is 0. The zero-order valence-electron chi connectivity index (χ0n) is 11.4. The van der Waals surface area contributed by atoms with Crippen molar-refractivity contribution < 1.29 is 9.53 Å². The van der Waals surface area contributed by atoms with Crippen LogP contribution in [0.15, 0.2) is 6.33 Å². The Morgan fingerprint density at radius 2 is 2.47 bits per heavy atom. The average Bonchev–Trinajstić information content (AvgIpc) is 2.93. The molecule has 2 atom stereocenters. The lowest BCUT2D eigenvalue weighted by atomic mass is 9.85. The normalized spacial score (nSPS) is 23.2. The maximum Gasteiger partial charge on any atom is 0.308 e. The first-order valence-corrected chi connectivity index (χ1v) is 7.04. The highest BCUT2D eigenvalue weighted by Crippen LogP contribution is 2.25. The molecule has 6 heteroatoms. The number of carbonyl (C=O) groups is 1. The Bertz CT molecular complexity index is 380. The number of aromatic nitrogens is 3. The van der Waals surface area contributed by atoms with Crippen LogP contribution in [-0.2, 0) is 16.0 Å². The molecule has 6 nitrogen and oxygen atoms in total. The molecule has 1 aromatic heterocycles. The summed E-state index contributed by atoms with van der Waals surface area (Å²) in [5, 5.41) is 10.2. The fraction of sp³-hybridized carbons (Fsp3) is 0.769. The van der Waals surface area contributed by atoms with Gasteiger partial charge in [-0.1, -0.05) is 6.42 Å². The number of hydrogen-bond acceptors (Lipinski definition) is 5. The number of esters is 1. The van der Waals surface area contributed by atoms with Crippen LogP contribution in [0.2, 0.25) is 0 Å². The van der Waals surface area contributed by atoms with E-state index >= 15 is 0 Å². The number of rotatable bonds is 6. The fourth-order valence-electron chi connectivity index (χ4n) is 2.60. The molecular weight excluding hydrogens is 244 g/mol. The second-order valence-electron chi connectivity index (χ2n) is 4.95. The van der Waals surface area contributed by atoms with Crippen LogP contribution in [0.5, 0.6) is 0 Å². The molecule has 1 aliphatic carbocycles. The third kappa shape index (κ3) is 4.31. The van der Waals surface area contributed by atoms with Crippen molar-refractivity contribution in [3.63, 3.8) is 0 Å². The Kier molecular flexibility index (Phi) is 5.32. The molecule has 2 unspecified atom stereocenters. The molecule has 2 N–H and O–H groups in total. The van der Waals surface area contributed by atoms with Gasteiger partial charge in [-0.3, -0.25) is 9.89 Å². The number of nitrogens with one attached hydrogen (secondary N) is 2. The van der Waals surface area contributed by atoms with Crippen molar-refractivity contribution in [2.75, 3.05) is 13.2 Å². The molecule has 0 spiro atoms. The van der Waals surface area contributed by atoms with Crippen LogP contribution in [0.3, 0.4) is 0 Å². The summed E-state index contributed by atoms with van der Waals surface area (Å²) in [5.74, 6) is 0.922. The first kappa shape index (κ1) is 14.0. The summed E-state index contributed by atoms with van der Waals surface area (Å²) in [6, 6.07) is 0.408. The van der Waals surface area contributed by atoms with E-state index in [-0.39, 0.29) is 11.9 Å². The van der Waals surface area contributed by atoms with Gasteiger partial charge in [0.05, 0.1) is 12.5 Å². The number of H-pyrrole nitrogens is 1. The molecule has 0 bridgehead atoms. The second kappa shape index (κ2) is 7.23. The lowest BCUT2D eigenvalue weighted by Gasteiger charge is -2.28. The highest BCUT2D eigenvalue weighted by molar-refractivity contribution is 5.72. The van der Waals surface area contributed by atoms with Gasteiger partial charge in [0.1, 0.15) is 12.2 Å². The monoisotopic (exact) mass is 266 g/mol. The lowest BCUT2D eigenvalue weighted by molar-refractivity contribution is -0.149. The van der Waals surface area contributed by atoms with Gasteiger partial charge in [-0.25, -0.2) is 4.98 Å². The second-order valence-corrected chi connectivity index (χ2v) is 4.95.